The molecule has 0 unspecified atom stereocenters. The van der Waals surface area contributed by atoms with Crippen LogP contribution in [-0.2, 0) is 5.41 Å². The Hall–Kier alpha value is -5.18. The lowest BCUT2D eigenvalue weighted by Gasteiger charge is -2.29. The molecule has 0 N–H and O–H groups in total. The van der Waals surface area contributed by atoms with Gasteiger partial charge in [-0.05, 0) is 93.2 Å². The van der Waals surface area contributed by atoms with Gasteiger partial charge in [0.05, 0.1) is 5.69 Å². The zero-order chi connectivity index (χ0) is 34.1. The van der Waals surface area contributed by atoms with E-state index in [0.717, 1.165) is 0 Å². The van der Waals surface area contributed by atoms with Crippen LogP contribution in [0.1, 0.15) is 68.6 Å². The number of benzene rings is 7. The van der Waals surface area contributed by atoms with E-state index in [-0.39, 0.29) is 5.41 Å². The highest BCUT2D eigenvalue weighted by Gasteiger charge is 2.37. The predicted octanol–water partition coefficient (Wildman–Crippen LogP) is 14.7. The second kappa shape index (κ2) is 12.0. The first-order chi connectivity index (χ1) is 25.1. The van der Waals surface area contributed by atoms with Crippen LogP contribution in [0.4, 0.5) is 17.1 Å². The Morgan fingerprint density at radius 1 is 0.529 bits per heavy atom. The molecule has 8 aromatic rings. The van der Waals surface area contributed by atoms with Gasteiger partial charge in [0.1, 0.15) is 0 Å². The number of thiophene rings is 1. The third-order valence-corrected chi connectivity index (χ3v) is 13.2. The van der Waals surface area contributed by atoms with E-state index in [1.165, 1.54) is 119 Å². The highest BCUT2D eigenvalue weighted by atomic mass is 32.1. The Kier molecular flexibility index (Phi) is 7.18. The first-order valence-electron chi connectivity index (χ1n) is 18.6. The molecule has 1 aromatic heterocycles. The molecule has 2 aliphatic rings. The average Bonchev–Trinajstić information content (AvgIpc) is 3.69. The van der Waals surface area contributed by atoms with Gasteiger partial charge in [0.2, 0.25) is 0 Å². The summed E-state index contributed by atoms with van der Waals surface area (Å²) in [5, 5.41) is 5.31. The van der Waals surface area contributed by atoms with E-state index in [4.69, 9.17) is 0 Å². The number of rotatable bonds is 5. The van der Waals surface area contributed by atoms with Crippen LogP contribution in [0.2, 0.25) is 0 Å². The quantitative estimate of drug-likeness (QED) is 0.175. The van der Waals surface area contributed by atoms with Crippen LogP contribution >= 0.6 is 11.3 Å². The fraction of sp³-hybridized carbons (Fsp3) is 0.184. The van der Waals surface area contributed by atoms with Gasteiger partial charge in [0.15, 0.2) is 0 Å². The van der Waals surface area contributed by atoms with Gasteiger partial charge < -0.3 is 4.90 Å². The second-order valence-electron chi connectivity index (χ2n) is 15.1. The third kappa shape index (κ3) is 4.88. The summed E-state index contributed by atoms with van der Waals surface area (Å²) in [4.78, 5) is 2.50. The van der Waals surface area contributed by atoms with Gasteiger partial charge in [-0.3, -0.25) is 0 Å². The van der Waals surface area contributed by atoms with Gasteiger partial charge in [-0.25, -0.2) is 0 Å². The smallest absolute Gasteiger partial charge is 0.0543 e. The summed E-state index contributed by atoms with van der Waals surface area (Å²) in [6.45, 7) is 4.74. The van der Waals surface area contributed by atoms with Crippen molar-refractivity contribution in [3.63, 3.8) is 0 Å². The molecule has 1 nitrogen and oxygen atoms in total. The number of hydrogen-bond donors (Lipinski definition) is 0. The monoisotopic (exact) mass is 675 g/mol. The van der Waals surface area contributed by atoms with E-state index in [0.29, 0.717) is 5.92 Å². The molecule has 0 bridgehead atoms. The minimum Gasteiger partial charge on any atom is -0.310 e. The van der Waals surface area contributed by atoms with Crippen molar-refractivity contribution in [3.05, 3.63) is 162 Å². The summed E-state index contributed by atoms with van der Waals surface area (Å²) in [6, 6.07) is 54.9. The van der Waals surface area contributed by atoms with Crippen molar-refractivity contribution in [1.82, 2.24) is 0 Å². The maximum Gasteiger partial charge on any atom is 0.0543 e. The molecule has 0 spiro atoms. The van der Waals surface area contributed by atoms with E-state index < -0.39 is 0 Å². The van der Waals surface area contributed by atoms with Crippen molar-refractivity contribution in [2.45, 2.75) is 57.3 Å². The zero-order valence-electron chi connectivity index (χ0n) is 29.3. The van der Waals surface area contributed by atoms with Gasteiger partial charge in [0, 0.05) is 42.5 Å². The van der Waals surface area contributed by atoms with Crippen LogP contribution in [0, 0.1) is 0 Å². The van der Waals surface area contributed by atoms with E-state index in [2.05, 4.69) is 164 Å². The number of nitrogens with zero attached hydrogens (tertiary/aromatic N) is 1. The molecule has 0 radical (unpaired) electrons. The minimum absolute atomic E-state index is 0.0590. The molecule has 51 heavy (non-hydrogen) atoms. The molecule has 0 atom stereocenters. The van der Waals surface area contributed by atoms with Gasteiger partial charge in [0.25, 0.3) is 0 Å². The largest absolute Gasteiger partial charge is 0.310 e. The lowest BCUT2D eigenvalue weighted by molar-refractivity contribution is 0.443. The first-order valence-corrected chi connectivity index (χ1v) is 19.4. The molecule has 1 fully saturated rings. The normalized spacial score (nSPS) is 15.3. The summed E-state index contributed by atoms with van der Waals surface area (Å²) in [5.74, 6) is 0.684. The Labute approximate surface area is 304 Å². The molecule has 10 rings (SSSR count). The van der Waals surface area contributed by atoms with Gasteiger partial charge in [-0.15, -0.1) is 11.3 Å². The zero-order valence-corrected chi connectivity index (χ0v) is 30.1. The molecular weight excluding hydrogens is 635 g/mol. The molecular formula is C49H41NS. The molecule has 248 valence electrons. The van der Waals surface area contributed by atoms with Crippen LogP contribution in [0.3, 0.4) is 0 Å². The van der Waals surface area contributed by atoms with Crippen molar-refractivity contribution in [1.29, 1.82) is 0 Å². The van der Waals surface area contributed by atoms with Crippen LogP contribution < -0.4 is 4.90 Å². The lowest BCUT2D eigenvalue weighted by Crippen LogP contribution is -2.16. The highest BCUT2D eigenvalue weighted by Crippen LogP contribution is 2.54. The van der Waals surface area contributed by atoms with E-state index in [1.807, 2.05) is 11.3 Å². The van der Waals surface area contributed by atoms with Crippen molar-refractivity contribution in [3.8, 4) is 22.3 Å². The first kappa shape index (κ1) is 30.6. The number of anilines is 3. The van der Waals surface area contributed by atoms with E-state index in [1.54, 1.807) is 0 Å². The molecule has 2 aliphatic carbocycles. The van der Waals surface area contributed by atoms with Crippen molar-refractivity contribution in [2.24, 2.45) is 0 Å². The summed E-state index contributed by atoms with van der Waals surface area (Å²) in [5.41, 5.74) is 13.1. The standard InChI is InChI=1S/C49H41NS/c1-49(2)43-19-9-8-16-42(43)46-44(49)20-11-21-45(46)50(36-27-22-33(23-28-36)32-12-4-3-5-13-32)37-29-24-35(25-30-37)39-17-10-18-40-41-31-26-34-14-6-7-15-38(34)48(41)51-47(39)40/h6-11,14-32H,3-5,12-13H2,1-2H3. The predicted molar refractivity (Wildman–Crippen MR) is 220 cm³/mol. The number of fused-ring (bicyclic) bond motifs is 8. The van der Waals surface area contributed by atoms with E-state index >= 15 is 0 Å². The fourth-order valence-electron chi connectivity index (χ4n) is 9.22. The Morgan fingerprint density at radius 2 is 1.18 bits per heavy atom. The molecule has 0 amide bonds. The third-order valence-electron chi connectivity index (χ3n) is 11.9. The summed E-state index contributed by atoms with van der Waals surface area (Å²) < 4.78 is 2.72. The second-order valence-corrected chi connectivity index (χ2v) is 16.1. The maximum atomic E-state index is 2.50. The van der Waals surface area contributed by atoms with Gasteiger partial charge >= 0.3 is 0 Å². The van der Waals surface area contributed by atoms with E-state index in [9.17, 15) is 0 Å². The maximum absolute atomic E-state index is 2.50. The average molecular weight is 676 g/mol. The molecule has 7 aromatic carbocycles. The molecule has 0 saturated heterocycles. The SMILES string of the molecule is CC1(C)c2ccccc2-c2c(N(c3ccc(-c4cccc5c4sc4c6ccccc6ccc54)cc3)c3ccc(C4CCCCC4)cc3)cccc21. The van der Waals surface area contributed by atoms with Crippen LogP contribution in [0.5, 0.6) is 0 Å². The lowest BCUT2D eigenvalue weighted by atomic mass is 9.82. The molecule has 1 heterocycles. The number of hydrogen-bond acceptors (Lipinski definition) is 2. The Balaban J connectivity index is 1.11. The van der Waals surface area contributed by atoms with Crippen molar-refractivity contribution >= 4 is 59.3 Å². The van der Waals surface area contributed by atoms with Crippen LogP contribution in [0.25, 0.3) is 53.2 Å². The van der Waals surface area contributed by atoms with Gasteiger partial charge in [-0.1, -0.05) is 148 Å². The minimum atomic E-state index is -0.0590. The van der Waals surface area contributed by atoms with Gasteiger partial charge in [-0.2, -0.15) is 0 Å². The summed E-state index contributed by atoms with van der Waals surface area (Å²) in [6.07, 6.45) is 6.70. The van der Waals surface area contributed by atoms with Crippen molar-refractivity contribution in [2.75, 3.05) is 4.90 Å². The van der Waals surface area contributed by atoms with Crippen LogP contribution in [0.15, 0.2) is 146 Å². The van der Waals surface area contributed by atoms with Crippen LogP contribution in [-0.4, -0.2) is 0 Å². The Morgan fingerprint density at radius 3 is 2.00 bits per heavy atom. The molecule has 2 heteroatoms. The molecule has 0 aliphatic heterocycles. The Bertz CT molecular complexity index is 2580. The summed E-state index contributed by atoms with van der Waals surface area (Å²) >= 11 is 1.93. The highest BCUT2D eigenvalue weighted by molar-refractivity contribution is 7.27. The topological polar surface area (TPSA) is 3.24 Å². The summed E-state index contributed by atoms with van der Waals surface area (Å²) in [7, 11) is 0. The van der Waals surface area contributed by atoms with Crippen molar-refractivity contribution < 1.29 is 0 Å². The fourth-order valence-corrected chi connectivity index (χ4v) is 10.6. The molecule has 1 saturated carbocycles.